The number of rotatable bonds is 8. The van der Waals surface area contributed by atoms with Gasteiger partial charge < -0.3 is 20.5 Å². The highest BCUT2D eigenvalue weighted by atomic mass is 16.5. The normalized spacial score (nSPS) is 15.4. The van der Waals surface area contributed by atoms with E-state index in [1.165, 1.54) is 10.9 Å². The Balaban J connectivity index is 1.17. The van der Waals surface area contributed by atoms with Gasteiger partial charge >= 0.3 is 12.1 Å². The summed E-state index contributed by atoms with van der Waals surface area (Å²) in [5.41, 5.74) is 3.37. The highest BCUT2D eigenvalue weighted by Crippen LogP contribution is 2.44. The van der Waals surface area contributed by atoms with Gasteiger partial charge in [0.2, 0.25) is 5.91 Å². The van der Waals surface area contributed by atoms with Crippen LogP contribution < -0.4 is 10.6 Å². The Morgan fingerprint density at radius 3 is 2.29 bits per heavy atom. The topological polar surface area (TPSA) is 135 Å². The van der Waals surface area contributed by atoms with Crippen LogP contribution in [0.4, 0.5) is 4.79 Å². The standard InChI is InChI=1S/C25H25N5O5/c31-22(32)21-14-30(29-28-21)13-12-26-23(33)25(10-5-11-25)27-24(34)35-15-20-18-8-3-1-6-16(18)17-7-2-4-9-19(17)20/h1-4,6-9,14,20H,5,10-13,15H2,(H,26,33)(H,27,34)(H,31,32). The van der Waals surface area contributed by atoms with E-state index in [-0.39, 0.29) is 37.2 Å². The first-order valence-corrected chi connectivity index (χ1v) is 11.5. The number of carbonyl (C=O) groups is 3. The summed E-state index contributed by atoms with van der Waals surface area (Å²) in [6, 6.07) is 16.2. The fourth-order valence-corrected chi connectivity index (χ4v) is 4.73. The molecule has 1 saturated carbocycles. The maximum Gasteiger partial charge on any atom is 0.408 e. The van der Waals surface area contributed by atoms with Gasteiger partial charge in [0.15, 0.2) is 5.69 Å². The van der Waals surface area contributed by atoms with Crippen LogP contribution in [0.25, 0.3) is 11.1 Å². The first-order valence-electron chi connectivity index (χ1n) is 11.5. The van der Waals surface area contributed by atoms with Gasteiger partial charge in [-0.25, -0.2) is 14.3 Å². The number of nitrogens with zero attached hydrogens (tertiary/aromatic N) is 3. The third kappa shape index (κ3) is 4.34. The molecular weight excluding hydrogens is 450 g/mol. The first-order chi connectivity index (χ1) is 17.0. The zero-order valence-electron chi connectivity index (χ0n) is 18.9. The van der Waals surface area contributed by atoms with Crippen LogP contribution >= 0.6 is 0 Å². The van der Waals surface area contributed by atoms with Crippen molar-refractivity contribution in [3.05, 3.63) is 71.5 Å². The molecule has 0 bridgehead atoms. The summed E-state index contributed by atoms with van der Waals surface area (Å²) in [7, 11) is 0. The molecule has 2 aliphatic carbocycles. The summed E-state index contributed by atoms with van der Waals surface area (Å²) in [6.07, 6.45) is 2.54. The lowest BCUT2D eigenvalue weighted by Crippen LogP contribution is -2.63. The van der Waals surface area contributed by atoms with E-state index in [4.69, 9.17) is 9.84 Å². The van der Waals surface area contributed by atoms with E-state index in [9.17, 15) is 14.4 Å². The van der Waals surface area contributed by atoms with Gasteiger partial charge in [-0.05, 0) is 41.5 Å². The second-order valence-corrected chi connectivity index (χ2v) is 8.81. The van der Waals surface area contributed by atoms with Crippen LogP contribution in [0, 0.1) is 0 Å². The minimum atomic E-state index is -1.17. The van der Waals surface area contributed by atoms with Gasteiger partial charge in [-0.15, -0.1) is 5.10 Å². The van der Waals surface area contributed by atoms with Crippen LogP contribution in [-0.4, -0.2) is 56.8 Å². The van der Waals surface area contributed by atoms with Crippen molar-refractivity contribution >= 4 is 18.0 Å². The molecule has 0 unspecified atom stereocenters. The zero-order chi connectivity index (χ0) is 24.4. The molecule has 180 valence electrons. The van der Waals surface area contributed by atoms with E-state index < -0.39 is 17.6 Å². The average molecular weight is 476 g/mol. The molecule has 2 amide bonds. The van der Waals surface area contributed by atoms with E-state index in [1.807, 2.05) is 24.3 Å². The summed E-state index contributed by atoms with van der Waals surface area (Å²) in [6.45, 7) is 0.651. The van der Waals surface area contributed by atoms with Crippen LogP contribution in [0.1, 0.15) is 46.8 Å². The van der Waals surface area contributed by atoms with Crippen molar-refractivity contribution in [2.24, 2.45) is 0 Å². The second-order valence-electron chi connectivity index (χ2n) is 8.81. The van der Waals surface area contributed by atoms with Crippen LogP contribution in [0.3, 0.4) is 0 Å². The smallest absolute Gasteiger partial charge is 0.408 e. The van der Waals surface area contributed by atoms with Crippen LogP contribution in [0.5, 0.6) is 0 Å². The van der Waals surface area contributed by atoms with Gasteiger partial charge in [0.05, 0.1) is 12.7 Å². The Labute approximate surface area is 201 Å². The van der Waals surface area contributed by atoms with Crippen molar-refractivity contribution in [2.45, 2.75) is 37.3 Å². The minimum absolute atomic E-state index is 0.0577. The Hall–Kier alpha value is -4.21. The molecule has 3 N–H and O–H groups in total. The fourth-order valence-electron chi connectivity index (χ4n) is 4.73. The summed E-state index contributed by atoms with van der Waals surface area (Å²) >= 11 is 0. The molecule has 0 saturated heterocycles. The molecule has 0 spiro atoms. The molecule has 2 aromatic carbocycles. The van der Waals surface area contributed by atoms with Crippen LogP contribution in [0.15, 0.2) is 54.7 Å². The fraction of sp³-hybridized carbons (Fsp3) is 0.320. The van der Waals surface area contributed by atoms with Gasteiger partial charge in [-0.2, -0.15) is 0 Å². The molecule has 1 heterocycles. The molecule has 1 fully saturated rings. The number of carbonyl (C=O) groups excluding carboxylic acids is 2. The summed E-state index contributed by atoms with van der Waals surface area (Å²) in [5.74, 6) is -1.52. The number of hydrogen-bond donors (Lipinski definition) is 3. The predicted molar refractivity (Wildman–Crippen MR) is 125 cm³/mol. The third-order valence-electron chi connectivity index (χ3n) is 6.71. The second kappa shape index (κ2) is 9.21. The lowest BCUT2D eigenvalue weighted by molar-refractivity contribution is -0.130. The molecule has 2 aliphatic rings. The van der Waals surface area contributed by atoms with E-state index in [2.05, 4.69) is 45.2 Å². The predicted octanol–water partition coefficient (Wildman–Crippen LogP) is 2.55. The van der Waals surface area contributed by atoms with E-state index in [1.54, 1.807) is 0 Å². The zero-order valence-corrected chi connectivity index (χ0v) is 18.9. The molecule has 35 heavy (non-hydrogen) atoms. The van der Waals surface area contributed by atoms with Gasteiger partial charge in [0.1, 0.15) is 12.1 Å². The van der Waals surface area contributed by atoms with Crippen molar-refractivity contribution in [1.82, 2.24) is 25.6 Å². The number of aromatic nitrogens is 3. The number of carboxylic acids is 1. The molecule has 0 atom stereocenters. The van der Waals surface area contributed by atoms with E-state index in [0.29, 0.717) is 12.8 Å². The highest BCUT2D eigenvalue weighted by Gasteiger charge is 2.46. The molecular formula is C25H25N5O5. The van der Waals surface area contributed by atoms with Crippen LogP contribution in [-0.2, 0) is 16.1 Å². The van der Waals surface area contributed by atoms with Crippen molar-refractivity contribution in [3.63, 3.8) is 0 Å². The number of ether oxygens (including phenoxy) is 1. The average Bonchev–Trinajstić information content (AvgIpc) is 3.43. The van der Waals surface area contributed by atoms with E-state index in [0.717, 1.165) is 28.7 Å². The van der Waals surface area contributed by atoms with Gasteiger partial charge in [-0.1, -0.05) is 53.7 Å². The molecule has 1 aromatic heterocycles. The molecule has 0 aliphatic heterocycles. The maximum atomic E-state index is 12.9. The first kappa shape index (κ1) is 22.6. The molecule has 10 heteroatoms. The Morgan fingerprint density at radius 1 is 1.06 bits per heavy atom. The number of hydrogen-bond acceptors (Lipinski definition) is 6. The van der Waals surface area contributed by atoms with Gasteiger partial charge in [0.25, 0.3) is 0 Å². The molecule has 10 nitrogen and oxygen atoms in total. The van der Waals surface area contributed by atoms with Gasteiger partial charge in [0, 0.05) is 12.5 Å². The lowest BCUT2D eigenvalue weighted by Gasteiger charge is -2.40. The quantitative estimate of drug-likeness (QED) is 0.456. The largest absolute Gasteiger partial charge is 0.476 e. The highest BCUT2D eigenvalue weighted by molar-refractivity contribution is 5.91. The monoisotopic (exact) mass is 475 g/mol. The summed E-state index contributed by atoms with van der Waals surface area (Å²) < 4.78 is 6.96. The molecule has 0 radical (unpaired) electrons. The SMILES string of the molecule is O=C(NC1(C(=O)NCCn2cc(C(=O)O)nn2)CCC1)OCC1c2ccccc2-c2ccccc21. The van der Waals surface area contributed by atoms with Crippen molar-refractivity contribution in [1.29, 1.82) is 0 Å². The number of amides is 2. The number of benzene rings is 2. The molecule has 3 aromatic rings. The Bertz CT molecular complexity index is 1240. The summed E-state index contributed by atoms with van der Waals surface area (Å²) in [4.78, 5) is 36.5. The number of nitrogens with one attached hydrogen (secondary N) is 2. The Kier molecular flexibility index (Phi) is 5.94. The number of aromatic carboxylic acids is 1. The lowest BCUT2D eigenvalue weighted by atomic mass is 9.76. The number of carboxylic acid groups (broad SMARTS) is 1. The van der Waals surface area contributed by atoms with Gasteiger partial charge in [-0.3, -0.25) is 4.79 Å². The molecule has 5 rings (SSSR count). The Morgan fingerprint density at radius 2 is 1.71 bits per heavy atom. The number of fused-ring (bicyclic) bond motifs is 3. The van der Waals surface area contributed by atoms with Crippen molar-refractivity contribution in [2.75, 3.05) is 13.2 Å². The van der Waals surface area contributed by atoms with Crippen molar-refractivity contribution < 1.29 is 24.2 Å². The summed E-state index contributed by atoms with van der Waals surface area (Å²) in [5, 5.41) is 21.7. The number of alkyl carbamates (subject to hydrolysis) is 1. The third-order valence-corrected chi connectivity index (χ3v) is 6.71. The minimum Gasteiger partial charge on any atom is -0.476 e. The van der Waals surface area contributed by atoms with Crippen LogP contribution in [0.2, 0.25) is 0 Å². The van der Waals surface area contributed by atoms with E-state index >= 15 is 0 Å². The van der Waals surface area contributed by atoms with Crippen molar-refractivity contribution in [3.8, 4) is 11.1 Å². The maximum absolute atomic E-state index is 12.9.